The topological polar surface area (TPSA) is 85.9 Å². The highest BCUT2D eigenvalue weighted by Gasteiger charge is 2.16. The maximum absolute atomic E-state index is 10.3. The Morgan fingerprint density at radius 1 is 0.962 bits per heavy atom. The van der Waals surface area contributed by atoms with E-state index in [1.54, 1.807) is 6.07 Å². The number of aromatic amines is 1. The monoisotopic (exact) mass is 341 g/mol. The summed E-state index contributed by atoms with van der Waals surface area (Å²) in [5.41, 5.74) is 11.2. The average molecular weight is 341 g/mol. The van der Waals surface area contributed by atoms with E-state index in [9.17, 15) is 5.11 Å². The summed E-state index contributed by atoms with van der Waals surface area (Å²) in [4.78, 5) is 3.44. The van der Waals surface area contributed by atoms with E-state index in [0.29, 0.717) is 12.0 Å². The van der Waals surface area contributed by atoms with Gasteiger partial charge in [-0.15, -0.1) is 0 Å². The van der Waals surface area contributed by atoms with Crippen molar-refractivity contribution in [3.8, 4) is 17.0 Å². The molecule has 0 atom stereocenters. The number of rotatable bonds is 4. The summed E-state index contributed by atoms with van der Waals surface area (Å²) in [5.74, 6) is 0.281. The van der Waals surface area contributed by atoms with Crippen LogP contribution < -0.4 is 5.73 Å². The molecule has 0 aliphatic rings. The molecule has 4 heteroatoms. The van der Waals surface area contributed by atoms with Crippen molar-refractivity contribution in [2.24, 2.45) is 5.73 Å². The first-order chi connectivity index (χ1) is 12.6. The summed E-state index contributed by atoms with van der Waals surface area (Å²) in [6.45, 7) is 0. The second kappa shape index (κ2) is 6.41. The number of H-pyrrole nitrogens is 1. The minimum atomic E-state index is 0.0443. The number of aromatic hydroxyl groups is 1. The lowest BCUT2D eigenvalue weighted by Gasteiger charge is -2.08. The van der Waals surface area contributed by atoms with Crippen LogP contribution in [-0.2, 0) is 6.42 Å². The minimum absolute atomic E-state index is 0.0443. The van der Waals surface area contributed by atoms with Crippen LogP contribution in [0, 0.1) is 5.41 Å². The Bertz CT molecular complexity index is 1100. The lowest BCUT2D eigenvalue weighted by molar-refractivity contribution is 0.477. The van der Waals surface area contributed by atoms with Crippen LogP contribution in [0.4, 0.5) is 0 Å². The minimum Gasteiger partial charge on any atom is -0.507 e. The van der Waals surface area contributed by atoms with Crippen molar-refractivity contribution in [1.29, 1.82) is 5.41 Å². The highest BCUT2D eigenvalue weighted by molar-refractivity contribution is 6.01. The van der Waals surface area contributed by atoms with Gasteiger partial charge >= 0.3 is 0 Å². The molecule has 0 saturated carbocycles. The number of fused-ring (bicyclic) bond motifs is 1. The molecule has 4 rings (SSSR count). The van der Waals surface area contributed by atoms with Crippen LogP contribution in [0.1, 0.15) is 16.7 Å². The Balaban J connectivity index is 1.97. The lowest BCUT2D eigenvalue weighted by Crippen LogP contribution is -2.10. The third-order valence-electron chi connectivity index (χ3n) is 4.61. The van der Waals surface area contributed by atoms with Gasteiger partial charge in [-0.3, -0.25) is 5.41 Å². The third kappa shape index (κ3) is 2.82. The molecule has 1 aromatic heterocycles. The van der Waals surface area contributed by atoms with E-state index in [1.165, 1.54) is 5.56 Å². The van der Waals surface area contributed by atoms with Crippen LogP contribution in [0.5, 0.6) is 5.75 Å². The fraction of sp³-hybridized carbons (Fsp3) is 0.0455. The van der Waals surface area contributed by atoms with Gasteiger partial charge in [-0.25, -0.2) is 0 Å². The van der Waals surface area contributed by atoms with Crippen molar-refractivity contribution in [1.82, 2.24) is 4.98 Å². The van der Waals surface area contributed by atoms with E-state index in [1.807, 2.05) is 54.6 Å². The predicted molar refractivity (Wildman–Crippen MR) is 106 cm³/mol. The molecule has 4 nitrogen and oxygen atoms in total. The Kier molecular flexibility index (Phi) is 3.93. The summed E-state index contributed by atoms with van der Waals surface area (Å²) in [6.07, 6.45) is 0.714. The normalized spacial score (nSPS) is 10.9. The standard InChI is InChI=1S/C22H19N3O/c23-22(24)15-10-11-19-17(13-15)18(12-14-6-2-1-3-7-14)21(25-19)16-8-4-5-9-20(16)26/h1-11,13,25-26H,12H2,(H3,23,24). The van der Waals surface area contributed by atoms with Gasteiger partial charge in [0.25, 0.3) is 0 Å². The zero-order chi connectivity index (χ0) is 18.1. The molecule has 4 aromatic rings. The van der Waals surface area contributed by atoms with Gasteiger partial charge in [0.1, 0.15) is 11.6 Å². The number of benzene rings is 3. The number of hydrogen-bond acceptors (Lipinski definition) is 2. The summed E-state index contributed by atoms with van der Waals surface area (Å²) in [5, 5.41) is 19.1. The van der Waals surface area contributed by atoms with Gasteiger partial charge in [0.05, 0.1) is 5.69 Å². The number of nitrogen functional groups attached to an aromatic ring is 1. The van der Waals surface area contributed by atoms with Gasteiger partial charge < -0.3 is 15.8 Å². The molecular weight excluding hydrogens is 322 g/mol. The first-order valence-corrected chi connectivity index (χ1v) is 8.45. The van der Waals surface area contributed by atoms with E-state index < -0.39 is 0 Å². The maximum Gasteiger partial charge on any atom is 0.124 e. The molecule has 0 aliphatic carbocycles. The van der Waals surface area contributed by atoms with Crippen LogP contribution in [0.3, 0.4) is 0 Å². The van der Waals surface area contributed by atoms with E-state index in [2.05, 4.69) is 17.1 Å². The van der Waals surface area contributed by atoms with Crippen LogP contribution in [0.25, 0.3) is 22.2 Å². The highest BCUT2D eigenvalue weighted by Crippen LogP contribution is 2.36. The van der Waals surface area contributed by atoms with Gasteiger partial charge in [0.15, 0.2) is 0 Å². The fourth-order valence-electron chi connectivity index (χ4n) is 3.31. The van der Waals surface area contributed by atoms with E-state index in [4.69, 9.17) is 11.1 Å². The van der Waals surface area contributed by atoms with E-state index >= 15 is 0 Å². The average Bonchev–Trinajstić information content (AvgIpc) is 3.00. The molecule has 0 amide bonds. The second-order valence-corrected chi connectivity index (χ2v) is 6.33. The van der Waals surface area contributed by atoms with Crippen LogP contribution in [-0.4, -0.2) is 15.9 Å². The zero-order valence-electron chi connectivity index (χ0n) is 14.2. The molecule has 1 heterocycles. The Hall–Kier alpha value is -3.53. The van der Waals surface area contributed by atoms with Crippen molar-refractivity contribution in [2.75, 3.05) is 0 Å². The molecular formula is C22H19N3O. The van der Waals surface area contributed by atoms with Crippen LogP contribution >= 0.6 is 0 Å². The van der Waals surface area contributed by atoms with Crippen molar-refractivity contribution in [3.63, 3.8) is 0 Å². The first-order valence-electron chi connectivity index (χ1n) is 8.45. The Labute approximate surface area is 151 Å². The second-order valence-electron chi connectivity index (χ2n) is 6.33. The van der Waals surface area contributed by atoms with Crippen LogP contribution in [0.2, 0.25) is 0 Å². The van der Waals surface area contributed by atoms with Crippen molar-refractivity contribution >= 4 is 16.7 Å². The third-order valence-corrected chi connectivity index (χ3v) is 4.61. The Morgan fingerprint density at radius 3 is 2.42 bits per heavy atom. The van der Waals surface area contributed by atoms with Gasteiger partial charge in [0, 0.05) is 28.5 Å². The predicted octanol–water partition coefficient (Wildman–Crippen LogP) is 4.42. The van der Waals surface area contributed by atoms with Crippen LogP contribution in [0.15, 0.2) is 72.8 Å². The molecule has 0 fully saturated rings. The summed E-state index contributed by atoms with van der Waals surface area (Å²) < 4.78 is 0. The van der Waals surface area contributed by atoms with E-state index in [-0.39, 0.29) is 11.6 Å². The molecule has 0 aliphatic heterocycles. The number of phenolic OH excluding ortho intramolecular Hbond substituents is 1. The summed E-state index contributed by atoms with van der Waals surface area (Å²) >= 11 is 0. The molecule has 0 bridgehead atoms. The van der Waals surface area contributed by atoms with E-state index in [0.717, 1.165) is 27.7 Å². The molecule has 0 radical (unpaired) electrons. The number of amidine groups is 1. The fourth-order valence-corrected chi connectivity index (χ4v) is 3.31. The number of phenols is 1. The highest BCUT2D eigenvalue weighted by atomic mass is 16.3. The molecule has 26 heavy (non-hydrogen) atoms. The number of nitrogens with one attached hydrogen (secondary N) is 2. The first kappa shape index (κ1) is 16.0. The summed E-state index contributed by atoms with van der Waals surface area (Å²) in [7, 11) is 0. The quantitative estimate of drug-likeness (QED) is 0.327. The maximum atomic E-state index is 10.3. The van der Waals surface area contributed by atoms with Gasteiger partial charge in [-0.05, 0) is 41.5 Å². The van der Waals surface area contributed by atoms with Crippen molar-refractivity contribution in [2.45, 2.75) is 6.42 Å². The molecule has 128 valence electrons. The SMILES string of the molecule is N=C(N)c1ccc2[nH]c(-c3ccccc3O)c(Cc3ccccc3)c2c1. The van der Waals surface area contributed by atoms with Gasteiger partial charge in [-0.2, -0.15) is 0 Å². The number of para-hydroxylation sites is 1. The van der Waals surface area contributed by atoms with Gasteiger partial charge in [0.2, 0.25) is 0 Å². The number of hydrogen-bond donors (Lipinski definition) is 4. The largest absolute Gasteiger partial charge is 0.507 e. The molecule has 5 N–H and O–H groups in total. The summed E-state index contributed by atoms with van der Waals surface area (Å²) in [6, 6.07) is 23.2. The van der Waals surface area contributed by atoms with Crippen molar-refractivity contribution in [3.05, 3.63) is 89.5 Å². The van der Waals surface area contributed by atoms with Crippen molar-refractivity contribution < 1.29 is 5.11 Å². The molecule has 0 spiro atoms. The molecule has 3 aromatic carbocycles. The smallest absolute Gasteiger partial charge is 0.124 e. The lowest BCUT2D eigenvalue weighted by atomic mass is 9.97. The number of nitrogens with two attached hydrogens (primary N) is 1. The molecule has 0 saturated heterocycles. The van der Waals surface area contributed by atoms with Gasteiger partial charge in [-0.1, -0.05) is 42.5 Å². The number of aromatic nitrogens is 1. The zero-order valence-corrected chi connectivity index (χ0v) is 14.2. The Morgan fingerprint density at radius 2 is 1.69 bits per heavy atom. The molecule has 0 unspecified atom stereocenters.